The van der Waals surface area contributed by atoms with Gasteiger partial charge in [0.1, 0.15) is 5.82 Å². The number of hydrogen-bond acceptors (Lipinski definition) is 4. The number of aromatic carboxylic acids is 1. The second-order valence-electron chi connectivity index (χ2n) is 3.92. The van der Waals surface area contributed by atoms with Gasteiger partial charge in [0, 0.05) is 10.7 Å². The summed E-state index contributed by atoms with van der Waals surface area (Å²) in [6.07, 6.45) is 1.31. The van der Waals surface area contributed by atoms with Crippen LogP contribution in [0.5, 0.6) is 0 Å². The highest BCUT2D eigenvalue weighted by Gasteiger charge is 2.17. The molecule has 1 aromatic carbocycles. The molecule has 2 rings (SSSR count). The smallest absolute Gasteiger partial charge is 0.338 e. The third-order valence-corrected chi connectivity index (χ3v) is 4.19. The van der Waals surface area contributed by atoms with Crippen LogP contribution in [0.1, 0.15) is 10.4 Å². The molecule has 0 unspecified atom stereocenters. The zero-order valence-electron chi connectivity index (χ0n) is 10.2. The summed E-state index contributed by atoms with van der Waals surface area (Å²) in [5.74, 6) is -2.47. The summed E-state index contributed by atoms with van der Waals surface area (Å²) in [5, 5.41) is 8.46. The lowest BCUT2D eigenvalue weighted by atomic mass is 10.2. The molecule has 0 bridgehead atoms. The number of sulfonamides is 1. The Balaban J connectivity index is 2.31. The molecular formula is C12H8BrFN2O4S. The number of benzene rings is 1. The van der Waals surface area contributed by atoms with Crippen molar-refractivity contribution in [3.8, 4) is 0 Å². The topological polar surface area (TPSA) is 96.4 Å². The molecule has 0 saturated heterocycles. The molecule has 2 aromatic rings. The average Bonchev–Trinajstić information content (AvgIpc) is 2.38. The minimum Gasteiger partial charge on any atom is -0.478 e. The molecular weight excluding hydrogens is 367 g/mol. The summed E-state index contributed by atoms with van der Waals surface area (Å²) in [4.78, 5) is 14.4. The molecule has 0 fully saturated rings. The summed E-state index contributed by atoms with van der Waals surface area (Å²) in [7, 11) is -3.98. The molecule has 0 spiro atoms. The standard InChI is InChI=1S/C12H8BrFN2O4S/c13-7-1-4-11(15-6-7)21(19,20)16-8-2-3-9(12(17)18)10(14)5-8/h1-6,16H,(H,17,18). The van der Waals surface area contributed by atoms with Crippen LogP contribution in [-0.2, 0) is 10.0 Å². The van der Waals surface area contributed by atoms with E-state index >= 15 is 0 Å². The fourth-order valence-corrected chi connectivity index (χ4v) is 2.70. The van der Waals surface area contributed by atoms with Gasteiger partial charge in [-0.2, -0.15) is 8.42 Å². The number of rotatable bonds is 4. The van der Waals surface area contributed by atoms with Crippen LogP contribution in [0, 0.1) is 5.82 Å². The first-order valence-electron chi connectivity index (χ1n) is 5.47. The highest BCUT2D eigenvalue weighted by molar-refractivity contribution is 9.10. The molecule has 0 radical (unpaired) electrons. The zero-order valence-corrected chi connectivity index (χ0v) is 12.6. The number of anilines is 1. The molecule has 9 heteroatoms. The second kappa shape index (κ2) is 5.78. The Bertz CT molecular complexity index is 793. The lowest BCUT2D eigenvalue weighted by Gasteiger charge is -2.08. The Kier molecular flexibility index (Phi) is 4.24. The van der Waals surface area contributed by atoms with Crippen molar-refractivity contribution in [1.82, 2.24) is 4.98 Å². The third kappa shape index (κ3) is 3.56. The van der Waals surface area contributed by atoms with Crippen molar-refractivity contribution in [2.24, 2.45) is 0 Å². The van der Waals surface area contributed by atoms with E-state index < -0.39 is 27.4 Å². The molecule has 2 N–H and O–H groups in total. The molecule has 0 aliphatic rings. The fraction of sp³-hybridized carbons (Fsp3) is 0. The maximum absolute atomic E-state index is 13.5. The second-order valence-corrected chi connectivity index (χ2v) is 6.46. The van der Waals surface area contributed by atoms with E-state index in [1.54, 1.807) is 0 Å². The Morgan fingerprint density at radius 3 is 2.52 bits per heavy atom. The number of aromatic nitrogens is 1. The lowest BCUT2D eigenvalue weighted by Crippen LogP contribution is -2.14. The fourth-order valence-electron chi connectivity index (χ4n) is 1.48. The summed E-state index contributed by atoms with van der Waals surface area (Å²) in [6, 6.07) is 5.69. The first kappa shape index (κ1) is 15.4. The predicted octanol–water partition coefficient (Wildman–Crippen LogP) is 2.48. The molecule has 0 amide bonds. The lowest BCUT2D eigenvalue weighted by molar-refractivity contribution is 0.0692. The van der Waals surface area contributed by atoms with Crippen molar-refractivity contribution in [2.75, 3.05) is 4.72 Å². The summed E-state index contributed by atoms with van der Waals surface area (Å²) in [6.45, 7) is 0. The van der Waals surface area contributed by atoms with E-state index in [9.17, 15) is 17.6 Å². The maximum Gasteiger partial charge on any atom is 0.338 e. The molecule has 0 saturated carbocycles. The van der Waals surface area contributed by atoms with E-state index in [2.05, 4.69) is 25.6 Å². The number of hydrogen-bond donors (Lipinski definition) is 2. The van der Waals surface area contributed by atoms with Gasteiger partial charge >= 0.3 is 5.97 Å². The first-order valence-corrected chi connectivity index (χ1v) is 7.74. The maximum atomic E-state index is 13.5. The van der Waals surface area contributed by atoms with Gasteiger partial charge in [0.15, 0.2) is 5.03 Å². The Morgan fingerprint density at radius 1 is 1.29 bits per heavy atom. The van der Waals surface area contributed by atoms with Crippen LogP contribution in [0.3, 0.4) is 0 Å². The predicted molar refractivity (Wildman–Crippen MR) is 76.1 cm³/mol. The van der Waals surface area contributed by atoms with Gasteiger partial charge in [0.25, 0.3) is 10.0 Å². The molecule has 21 heavy (non-hydrogen) atoms. The van der Waals surface area contributed by atoms with E-state index in [4.69, 9.17) is 5.11 Å². The van der Waals surface area contributed by atoms with Crippen molar-refractivity contribution < 1.29 is 22.7 Å². The number of halogens is 2. The Hall–Kier alpha value is -2.00. The van der Waals surface area contributed by atoms with E-state index in [0.29, 0.717) is 4.47 Å². The van der Waals surface area contributed by atoms with E-state index in [1.807, 2.05) is 0 Å². The van der Waals surface area contributed by atoms with Crippen molar-refractivity contribution in [2.45, 2.75) is 5.03 Å². The van der Waals surface area contributed by atoms with Gasteiger partial charge in [0.05, 0.1) is 11.3 Å². The van der Waals surface area contributed by atoms with Crippen molar-refractivity contribution >= 4 is 37.6 Å². The van der Waals surface area contributed by atoms with Crippen LogP contribution in [0.2, 0.25) is 0 Å². The number of carboxylic acids is 1. The highest BCUT2D eigenvalue weighted by atomic mass is 79.9. The minimum absolute atomic E-state index is 0.0952. The first-order chi connectivity index (χ1) is 9.79. The molecule has 6 nitrogen and oxygen atoms in total. The highest BCUT2D eigenvalue weighted by Crippen LogP contribution is 2.19. The van der Waals surface area contributed by atoms with Crippen LogP contribution < -0.4 is 4.72 Å². The van der Waals surface area contributed by atoms with Crippen molar-refractivity contribution in [3.63, 3.8) is 0 Å². The van der Waals surface area contributed by atoms with Crippen LogP contribution in [-0.4, -0.2) is 24.5 Å². The van der Waals surface area contributed by atoms with Crippen LogP contribution in [0.15, 0.2) is 46.0 Å². The van der Waals surface area contributed by atoms with Gasteiger partial charge < -0.3 is 5.11 Å². The number of pyridine rings is 1. The molecule has 0 aliphatic carbocycles. The summed E-state index contributed by atoms with van der Waals surface area (Å²) >= 11 is 3.13. The number of carbonyl (C=O) groups is 1. The zero-order chi connectivity index (χ0) is 15.6. The number of nitrogens with zero attached hydrogens (tertiary/aromatic N) is 1. The quantitative estimate of drug-likeness (QED) is 0.856. The normalized spacial score (nSPS) is 11.1. The molecule has 1 aromatic heterocycles. The largest absolute Gasteiger partial charge is 0.478 e. The van der Waals surface area contributed by atoms with Crippen molar-refractivity contribution in [3.05, 3.63) is 52.4 Å². The monoisotopic (exact) mass is 374 g/mol. The summed E-state index contributed by atoms with van der Waals surface area (Å²) in [5.41, 5.74) is -0.637. The van der Waals surface area contributed by atoms with Crippen molar-refractivity contribution in [1.29, 1.82) is 0 Å². The van der Waals surface area contributed by atoms with Crippen LogP contribution in [0.4, 0.5) is 10.1 Å². The van der Waals surface area contributed by atoms with Crippen LogP contribution in [0.25, 0.3) is 0 Å². The number of carboxylic acid groups (broad SMARTS) is 1. The van der Waals surface area contributed by atoms with Gasteiger partial charge in [-0.05, 0) is 46.3 Å². The van der Waals surface area contributed by atoms with Gasteiger partial charge in [-0.3, -0.25) is 4.72 Å². The molecule has 110 valence electrons. The van der Waals surface area contributed by atoms with Gasteiger partial charge in [-0.25, -0.2) is 14.2 Å². The van der Waals surface area contributed by atoms with E-state index in [-0.39, 0.29) is 10.7 Å². The SMILES string of the molecule is O=C(O)c1ccc(NS(=O)(=O)c2ccc(Br)cn2)cc1F. The molecule has 0 atom stereocenters. The van der Waals surface area contributed by atoms with E-state index in [0.717, 1.165) is 18.2 Å². The average molecular weight is 375 g/mol. The van der Waals surface area contributed by atoms with E-state index in [1.165, 1.54) is 18.3 Å². The minimum atomic E-state index is -3.98. The third-order valence-electron chi connectivity index (χ3n) is 2.43. The summed E-state index contributed by atoms with van der Waals surface area (Å²) < 4.78 is 40.3. The Labute approximate surface area is 127 Å². The molecule has 0 aliphatic heterocycles. The van der Waals surface area contributed by atoms with Crippen LogP contribution >= 0.6 is 15.9 Å². The van der Waals surface area contributed by atoms with Gasteiger partial charge in [0.2, 0.25) is 0 Å². The molecule has 1 heterocycles. The Morgan fingerprint density at radius 2 is 2.00 bits per heavy atom. The van der Waals surface area contributed by atoms with Gasteiger partial charge in [-0.1, -0.05) is 0 Å². The van der Waals surface area contributed by atoms with Gasteiger partial charge in [-0.15, -0.1) is 0 Å². The number of nitrogens with one attached hydrogen (secondary N) is 1.